The maximum atomic E-state index is 12.9. The van der Waals surface area contributed by atoms with Crippen molar-refractivity contribution in [1.82, 2.24) is 0 Å². The second-order valence-electron chi connectivity index (χ2n) is 27.6. The van der Waals surface area contributed by atoms with Crippen molar-refractivity contribution in [2.24, 2.45) is 0 Å². The van der Waals surface area contributed by atoms with Crippen LogP contribution in [-0.2, 0) is 108 Å². The third kappa shape index (κ3) is 75.1. The van der Waals surface area contributed by atoms with Gasteiger partial charge in [-0.05, 0) is 12.8 Å². The van der Waals surface area contributed by atoms with Gasteiger partial charge in [0.25, 0.3) is 0 Å². The van der Waals surface area contributed by atoms with Crippen LogP contribution in [0, 0.1) is 0 Å². The van der Waals surface area contributed by atoms with Crippen LogP contribution >= 0.6 is 0 Å². The van der Waals surface area contributed by atoms with Crippen LogP contribution in [0.5, 0.6) is 0 Å². The molecule has 2 N–H and O–H groups in total. The SMILES string of the molecule is CCCCCCCCCCCCCCCCCC(=O)OCCOCCOCCOCCOCCOCCOCCOCCOCCOC(=O)c1ccc([NH][Ge](=[O])[NH]c2ccc(C(=O)OCCOCCOCCOCCOCCOCCOCCOCCOCCOC(=O)CCCCCCCCCCCCCCCCC)cc2)cc1. The van der Waals surface area contributed by atoms with Gasteiger partial charge < -0.3 is 75.8 Å². The summed E-state index contributed by atoms with van der Waals surface area (Å²) in [6.07, 6.45) is 40.0. The summed E-state index contributed by atoms with van der Waals surface area (Å²) >= 11 is -3.26. The van der Waals surface area contributed by atoms with Crippen LogP contribution in [0.1, 0.15) is 240 Å². The Labute approximate surface area is 689 Å². The number of rotatable bonds is 92. The molecule has 0 saturated heterocycles. The van der Waals surface area contributed by atoms with Crippen molar-refractivity contribution in [3.05, 3.63) is 59.7 Å². The molecule has 2 aromatic carbocycles. The van der Waals surface area contributed by atoms with E-state index in [4.69, 9.17) is 94.7 Å². The number of nitrogens with one attached hydrogen (secondary N) is 2. The van der Waals surface area contributed by atoms with Gasteiger partial charge in [-0.3, -0.25) is 9.59 Å². The molecule has 0 unspecified atom stereocenters. The van der Waals surface area contributed by atoms with Crippen molar-refractivity contribution >= 4 is 50.0 Å². The van der Waals surface area contributed by atoms with E-state index in [-0.39, 0.29) is 51.6 Å². The molecule has 0 fully saturated rings. The molecule has 27 nitrogen and oxygen atoms in total. The molecule has 660 valence electrons. The molecule has 0 spiro atoms. The second-order valence-corrected chi connectivity index (χ2v) is 30.1. The molecule has 0 bridgehead atoms. The van der Waals surface area contributed by atoms with E-state index < -0.39 is 26.7 Å². The van der Waals surface area contributed by atoms with Crippen LogP contribution < -0.4 is 8.55 Å². The van der Waals surface area contributed by atoms with Crippen molar-refractivity contribution in [2.45, 2.75) is 219 Å². The zero-order valence-corrected chi connectivity index (χ0v) is 72.5. The van der Waals surface area contributed by atoms with Gasteiger partial charge >= 0.3 is 203 Å². The summed E-state index contributed by atoms with van der Waals surface area (Å²) in [6, 6.07) is 12.9. The van der Waals surface area contributed by atoms with Crippen molar-refractivity contribution in [1.29, 1.82) is 0 Å². The summed E-state index contributed by atoms with van der Waals surface area (Å²) in [6.45, 7) is 18.2. The number of benzene rings is 2. The number of anilines is 2. The molecule has 0 amide bonds. The Kier molecular flexibility index (Phi) is 80.2. The summed E-state index contributed by atoms with van der Waals surface area (Å²) in [5, 5.41) is 0. The molecule has 28 heteroatoms. The summed E-state index contributed by atoms with van der Waals surface area (Å²) < 4.78 is 129. The Morgan fingerprint density at radius 2 is 0.377 bits per heavy atom. The molecule has 0 aliphatic rings. The van der Waals surface area contributed by atoms with Crippen molar-refractivity contribution in [3.63, 3.8) is 0 Å². The summed E-state index contributed by atoms with van der Waals surface area (Å²) in [7, 11) is 0. The van der Waals surface area contributed by atoms with Crippen molar-refractivity contribution < 1.29 is 118 Å². The monoisotopic (exact) mass is 1690 g/mol. The minimum absolute atomic E-state index is 0.0655. The molecular formula is C86H152GeN2O25. The van der Waals surface area contributed by atoms with Crippen LogP contribution in [0.2, 0.25) is 0 Å². The predicted molar refractivity (Wildman–Crippen MR) is 441 cm³/mol. The molecule has 0 heterocycles. The molecule has 2 rings (SSSR count). The topological polar surface area (TPSA) is 294 Å². The van der Waals surface area contributed by atoms with Crippen molar-refractivity contribution in [2.75, 3.05) is 246 Å². The van der Waals surface area contributed by atoms with Crippen LogP contribution in [0.4, 0.5) is 11.4 Å². The van der Waals surface area contributed by atoms with E-state index in [2.05, 4.69) is 22.4 Å². The first-order valence-electron chi connectivity index (χ1n) is 43.5. The minimum atomic E-state index is -3.26. The molecular weight excluding hydrogens is 1530 g/mol. The summed E-state index contributed by atoms with van der Waals surface area (Å²) in [4.78, 5) is 49.1. The van der Waals surface area contributed by atoms with Gasteiger partial charge in [-0.25, -0.2) is 0 Å². The number of carbonyl (C=O) groups excluding carboxylic acids is 4. The molecule has 0 aliphatic heterocycles. The summed E-state index contributed by atoms with van der Waals surface area (Å²) in [5.74, 6) is -1.32. The van der Waals surface area contributed by atoms with Crippen LogP contribution in [0.15, 0.2) is 48.5 Å². The van der Waals surface area contributed by atoms with Gasteiger partial charge in [-0.1, -0.05) is 194 Å². The van der Waals surface area contributed by atoms with Crippen LogP contribution in [-0.4, -0.2) is 276 Å². The number of unbranched alkanes of at least 4 members (excludes halogenated alkanes) is 28. The molecule has 2 aromatic rings. The second kappa shape index (κ2) is 86.5. The fourth-order valence-corrected chi connectivity index (χ4v) is 13.3. The molecule has 0 radical (unpaired) electrons. The molecule has 114 heavy (non-hydrogen) atoms. The average Bonchev–Trinajstić information content (AvgIpc) is 0.876. The Morgan fingerprint density at radius 3 is 0.561 bits per heavy atom. The van der Waals surface area contributed by atoms with E-state index >= 15 is 0 Å². The van der Waals surface area contributed by atoms with Gasteiger partial charge in [-0.2, -0.15) is 0 Å². The van der Waals surface area contributed by atoms with E-state index in [1.807, 2.05) is 0 Å². The molecule has 0 aliphatic carbocycles. The van der Waals surface area contributed by atoms with Crippen LogP contribution in [0.25, 0.3) is 0 Å². The number of hydrogen-bond donors (Lipinski definition) is 2. The quantitative estimate of drug-likeness (QED) is 0.0269. The van der Waals surface area contributed by atoms with E-state index in [1.165, 1.54) is 167 Å². The Balaban J connectivity index is 1.25. The number of hydrogen-bond acceptors (Lipinski definition) is 25. The Hall–Kier alpha value is -4.38. The summed E-state index contributed by atoms with van der Waals surface area (Å²) in [5.41, 5.74) is 1.78. The van der Waals surface area contributed by atoms with Gasteiger partial charge in [0.05, 0.1) is 172 Å². The first-order valence-corrected chi connectivity index (χ1v) is 46.4. The van der Waals surface area contributed by atoms with E-state index in [0.29, 0.717) is 234 Å². The first-order chi connectivity index (χ1) is 56.3. The first kappa shape index (κ1) is 106. The number of ether oxygens (including phenoxy) is 20. The normalized spacial score (nSPS) is 11.4. The number of esters is 4. The molecule has 0 atom stereocenters. The van der Waals surface area contributed by atoms with Gasteiger partial charge in [0.1, 0.15) is 13.2 Å². The average molecular weight is 1690 g/mol. The fraction of sp³-hybridized carbons (Fsp3) is 0.814. The van der Waals surface area contributed by atoms with E-state index in [9.17, 15) is 23.0 Å². The zero-order chi connectivity index (χ0) is 81.5. The van der Waals surface area contributed by atoms with Gasteiger partial charge in [0.15, 0.2) is 0 Å². The molecule has 0 aromatic heterocycles. The van der Waals surface area contributed by atoms with Crippen molar-refractivity contribution in [3.8, 4) is 0 Å². The van der Waals surface area contributed by atoms with E-state index in [1.54, 1.807) is 48.5 Å². The Bertz CT molecular complexity index is 2260. The molecule has 0 saturated carbocycles. The standard InChI is InChI=1S/C86H152GeN2O25/c1-3-5-7-9-11-13-15-17-19-21-23-25-27-29-31-33-83(90)111-75-71-107-67-63-103-59-55-99-51-47-95-43-45-97-49-53-101-57-61-105-65-69-109-73-77-113-85(92)79-35-39-81(40-36-79)88-87(94)89-82-41-37-80(38-42-82)86(93)114-78-74-110-70-66-106-62-58-102-54-50-98-46-44-96-48-52-100-56-60-104-64-68-108-72-76-112-84(91)34-32-30-28-26-24-22-20-18-16-14-12-10-8-6-4-2/h35-42,88-89H,3-34,43-78H2,1-2H3. The zero-order valence-electron chi connectivity index (χ0n) is 70.4. The predicted octanol–water partition coefficient (Wildman–Crippen LogP) is 14.8. The third-order valence-electron chi connectivity index (χ3n) is 17.8. The van der Waals surface area contributed by atoms with Gasteiger partial charge in [-0.15, -0.1) is 0 Å². The Morgan fingerprint density at radius 1 is 0.219 bits per heavy atom. The van der Waals surface area contributed by atoms with Gasteiger partial charge in [0.2, 0.25) is 0 Å². The third-order valence-corrected chi connectivity index (χ3v) is 20.0. The fourth-order valence-electron chi connectivity index (χ4n) is 11.4. The van der Waals surface area contributed by atoms with Gasteiger partial charge in [0, 0.05) is 12.8 Å². The van der Waals surface area contributed by atoms with Crippen LogP contribution in [0.3, 0.4) is 0 Å². The number of carbonyl (C=O) groups is 4. The van der Waals surface area contributed by atoms with E-state index in [0.717, 1.165) is 25.7 Å². The maximum absolute atomic E-state index is 12.9.